The van der Waals surface area contributed by atoms with E-state index < -0.39 is 0 Å². The molecule has 112 valence electrons. The van der Waals surface area contributed by atoms with Gasteiger partial charge >= 0.3 is 0 Å². The van der Waals surface area contributed by atoms with Gasteiger partial charge < -0.3 is 11.1 Å². The molecule has 0 radical (unpaired) electrons. The number of nitrogens with one attached hydrogen (secondary N) is 1. The molecule has 1 unspecified atom stereocenters. The minimum absolute atomic E-state index is 0.126. The number of amides is 1. The number of rotatable bonds is 5. The summed E-state index contributed by atoms with van der Waals surface area (Å²) in [4.78, 5) is 16.9. The number of thiophene rings is 1. The van der Waals surface area contributed by atoms with E-state index in [9.17, 15) is 4.79 Å². The number of piperidine rings is 1. The van der Waals surface area contributed by atoms with Gasteiger partial charge in [0.15, 0.2) is 0 Å². The zero-order valence-electron chi connectivity index (χ0n) is 12.4. The first-order chi connectivity index (χ1) is 9.52. The molecule has 3 N–H and O–H groups in total. The Bertz CT molecular complexity index is 438. The van der Waals surface area contributed by atoms with Gasteiger partial charge in [-0.2, -0.15) is 0 Å². The van der Waals surface area contributed by atoms with Crippen LogP contribution in [0.5, 0.6) is 0 Å². The lowest BCUT2D eigenvalue weighted by Gasteiger charge is -2.29. The third-order valence-corrected chi connectivity index (χ3v) is 4.73. The van der Waals surface area contributed by atoms with Crippen molar-refractivity contribution in [1.82, 2.24) is 10.2 Å². The molecule has 5 heteroatoms. The summed E-state index contributed by atoms with van der Waals surface area (Å²) in [5.74, 6) is 0.126. The summed E-state index contributed by atoms with van der Waals surface area (Å²) in [6.45, 7) is 6.55. The van der Waals surface area contributed by atoms with E-state index in [-0.39, 0.29) is 11.9 Å². The first kappa shape index (κ1) is 15.5. The van der Waals surface area contributed by atoms with E-state index in [1.165, 1.54) is 9.75 Å². The van der Waals surface area contributed by atoms with Crippen LogP contribution in [0.25, 0.3) is 0 Å². The number of carbonyl (C=O) groups excluding carboxylic acids is 1. The number of nitrogens with zero attached hydrogens (tertiary/aromatic N) is 1. The first-order valence-electron chi connectivity index (χ1n) is 7.35. The van der Waals surface area contributed by atoms with E-state index in [4.69, 9.17) is 5.73 Å². The summed E-state index contributed by atoms with van der Waals surface area (Å²) in [6.07, 6.45) is 2.91. The average Bonchev–Trinajstić information content (AvgIpc) is 2.77. The Morgan fingerprint density at radius 2 is 2.20 bits per heavy atom. The van der Waals surface area contributed by atoms with Crippen molar-refractivity contribution in [3.05, 3.63) is 21.9 Å². The maximum atomic E-state index is 12.0. The number of carbonyl (C=O) groups is 1. The van der Waals surface area contributed by atoms with E-state index in [0.717, 1.165) is 32.4 Å². The van der Waals surface area contributed by atoms with E-state index >= 15 is 0 Å². The summed E-state index contributed by atoms with van der Waals surface area (Å²) in [6, 6.07) is 4.78. The van der Waals surface area contributed by atoms with Gasteiger partial charge in [0.2, 0.25) is 5.91 Å². The Morgan fingerprint density at radius 1 is 1.50 bits per heavy atom. The molecule has 2 rings (SSSR count). The normalized spacial score (nSPS) is 18.9. The molecule has 1 aromatic rings. The monoisotopic (exact) mass is 295 g/mol. The molecule has 0 spiro atoms. The number of aryl methyl sites for hydroxylation is 1. The van der Waals surface area contributed by atoms with Crippen molar-refractivity contribution >= 4 is 17.2 Å². The lowest BCUT2D eigenvalue weighted by atomic mass is 10.1. The van der Waals surface area contributed by atoms with Crippen LogP contribution in [0.1, 0.15) is 29.5 Å². The fraction of sp³-hybridized carbons (Fsp3) is 0.667. The van der Waals surface area contributed by atoms with Gasteiger partial charge in [0.1, 0.15) is 0 Å². The molecule has 20 heavy (non-hydrogen) atoms. The van der Waals surface area contributed by atoms with Gasteiger partial charge in [0.05, 0.1) is 6.54 Å². The van der Waals surface area contributed by atoms with E-state index in [0.29, 0.717) is 12.6 Å². The summed E-state index contributed by atoms with van der Waals surface area (Å²) in [5.41, 5.74) is 5.87. The van der Waals surface area contributed by atoms with Crippen LogP contribution in [0.15, 0.2) is 12.1 Å². The standard InChI is InChI=1S/C15H25N3OS/c1-11(9-14-4-3-12(2)20-14)17-15(19)10-18-7-5-13(16)6-8-18/h3-4,11,13H,5-10,16H2,1-2H3,(H,17,19). The molecule has 1 saturated heterocycles. The van der Waals surface area contributed by atoms with Crippen molar-refractivity contribution < 1.29 is 4.79 Å². The largest absolute Gasteiger partial charge is 0.352 e. The summed E-state index contributed by atoms with van der Waals surface area (Å²) in [7, 11) is 0. The van der Waals surface area contributed by atoms with Crippen molar-refractivity contribution in [1.29, 1.82) is 0 Å². The molecule has 0 aromatic carbocycles. The quantitative estimate of drug-likeness (QED) is 0.866. The Kier molecular flexibility index (Phi) is 5.57. The van der Waals surface area contributed by atoms with Crippen molar-refractivity contribution in [3.63, 3.8) is 0 Å². The third kappa shape index (κ3) is 4.89. The zero-order valence-corrected chi connectivity index (χ0v) is 13.2. The summed E-state index contributed by atoms with van der Waals surface area (Å²) < 4.78 is 0. The molecule has 1 atom stereocenters. The SMILES string of the molecule is Cc1ccc(CC(C)NC(=O)CN2CCC(N)CC2)s1. The number of hydrogen-bond donors (Lipinski definition) is 2. The van der Waals surface area contributed by atoms with Crippen LogP contribution < -0.4 is 11.1 Å². The smallest absolute Gasteiger partial charge is 0.234 e. The van der Waals surface area contributed by atoms with Gasteiger partial charge in [-0.15, -0.1) is 11.3 Å². The summed E-state index contributed by atoms with van der Waals surface area (Å²) in [5, 5.41) is 3.09. The maximum Gasteiger partial charge on any atom is 0.234 e. The Labute approximate surface area is 125 Å². The predicted molar refractivity (Wildman–Crippen MR) is 84.0 cm³/mol. The molecule has 0 aliphatic carbocycles. The van der Waals surface area contributed by atoms with Gasteiger partial charge in [-0.05, 0) is 38.8 Å². The number of nitrogens with two attached hydrogens (primary N) is 1. The Morgan fingerprint density at radius 3 is 2.80 bits per heavy atom. The van der Waals surface area contributed by atoms with Gasteiger partial charge in [-0.1, -0.05) is 0 Å². The summed E-state index contributed by atoms with van der Waals surface area (Å²) >= 11 is 1.80. The van der Waals surface area contributed by atoms with Crippen LogP contribution in [-0.2, 0) is 11.2 Å². The molecule has 0 saturated carbocycles. The minimum Gasteiger partial charge on any atom is -0.352 e. The molecule has 2 heterocycles. The van der Waals surface area contributed by atoms with E-state index in [1.807, 2.05) is 0 Å². The van der Waals surface area contributed by atoms with Gasteiger partial charge in [-0.25, -0.2) is 0 Å². The topological polar surface area (TPSA) is 58.4 Å². The van der Waals surface area contributed by atoms with Crippen LogP contribution in [-0.4, -0.2) is 42.5 Å². The second kappa shape index (κ2) is 7.20. The number of likely N-dealkylation sites (tertiary alicyclic amines) is 1. The lowest BCUT2D eigenvalue weighted by molar-refractivity contribution is -0.123. The van der Waals surface area contributed by atoms with Gasteiger partial charge in [-0.3, -0.25) is 9.69 Å². The van der Waals surface area contributed by atoms with Crippen LogP contribution in [0.2, 0.25) is 0 Å². The molecular weight excluding hydrogens is 270 g/mol. The predicted octanol–water partition coefficient (Wildman–Crippen LogP) is 1.53. The Balaban J connectivity index is 1.71. The maximum absolute atomic E-state index is 12.0. The average molecular weight is 295 g/mol. The minimum atomic E-state index is 0.126. The third-order valence-electron chi connectivity index (χ3n) is 3.71. The number of hydrogen-bond acceptors (Lipinski definition) is 4. The molecule has 1 fully saturated rings. The molecule has 1 aliphatic rings. The molecule has 4 nitrogen and oxygen atoms in total. The second-order valence-electron chi connectivity index (χ2n) is 5.80. The highest BCUT2D eigenvalue weighted by Gasteiger charge is 2.19. The van der Waals surface area contributed by atoms with Crippen molar-refractivity contribution in [2.24, 2.45) is 5.73 Å². The molecule has 1 aromatic heterocycles. The fourth-order valence-electron chi connectivity index (χ4n) is 2.58. The second-order valence-corrected chi connectivity index (χ2v) is 7.17. The highest BCUT2D eigenvalue weighted by atomic mass is 32.1. The zero-order chi connectivity index (χ0) is 14.5. The highest BCUT2D eigenvalue weighted by molar-refractivity contribution is 7.11. The van der Waals surface area contributed by atoms with Gasteiger partial charge in [0, 0.05) is 41.3 Å². The lowest BCUT2D eigenvalue weighted by Crippen LogP contribution is -2.46. The van der Waals surface area contributed by atoms with Crippen molar-refractivity contribution in [2.75, 3.05) is 19.6 Å². The van der Waals surface area contributed by atoms with Crippen LogP contribution >= 0.6 is 11.3 Å². The van der Waals surface area contributed by atoms with Crippen LogP contribution in [0.4, 0.5) is 0 Å². The van der Waals surface area contributed by atoms with E-state index in [1.54, 1.807) is 11.3 Å². The van der Waals surface area contributed by atoms with Crippen LogP contribution in [0, 0.1) is 6.92 Å². The highest BCUT2D eigenvalue weighted by Crippen LogP contribution is 2.16. The van der Waals surface area contributed by atoms with E-state index in [2.05, 4.69) is 36.2 Å². The molecular formula is C15H25N3OS. The molecule has 1 amide bonds. The fourth-order valence-corrected chi connectivity index (χ4v) is 3.60. The molecule has 1 aliphatic heterocycles. The van der Waals surface area contributed by atoms with Crippen LogP contribution in [0.3, 0.4) is 0 Å². The first-order valence-corrected chi connectivity index (χ1v) is 8.17. The Hall–Kier alpha value is -0.910. The van der Waals surface area contributed by atoms with Crippen molar-refractivity contribution in [3.8, 4) is 0 Å². The van der Waals surface area contributed by atoms with Gasteiger partial charge in [0.25, 0.3) is 0 Å². The van der Waals surface area contributed by atoms with Crippen molar-refractivity contribution in [2.45, 2.75) is 45.2 Å². The molecule has 0 bridgehead atoms.